The van der Waals surface area contributed by atoms with E-state index >= 15 is 0 Å². The molecule has 2 aromatic rings. The number of anilines is 1. The highest BCUT2D eigenvalue weighted by atomic mass is 79.9. The van der Waals surface area contributed by atoms with Crippen LogP contribution in [-0.4, -0.2) is 9.91 Å². The molecule has 2 N–H and O–H groups in total. The zero-order chi connectivity index (χ0) is 11.7. The molecule has 0 unspecified atom stereocenters. The fraction of sp³-hybridized carbons (Fsp3) is 0. The Morgan fingerprint density at radius 1 is 1.50 bits per heavy atom. The Kier molecular flexibility index (Phi) is 2.61. The van der Waals surface area contributed by atoms with Crippen molar-refractivity contribution in [1.29, 1.82) is 0 Å². The molecule has 16 heavy (non-hydrogen) atoms. The quantitative estimate of drug-likeness (QED) is 0.675. The van der Waals surface area contributed by atoms with E-state index in [0.29, 0.717) is 10.0 Å². The van der Waals surface area contributed by atoms with Gasteiger partial charge in [-0.05, 0) is 12.1 Å². The minimum Gasteiger partial charge on any atom is -0.423 e. The molecule has 82 valence electrons. The number of aromatic nitrogens is 1. The summed E-state index contributed by atoms with van der Waals surface area (Å²) in [7, 11) is 0. The van der Waals surface area contributed by atoms with Crippen LogP contribution in [0.2, 0.25) is 0 Å². The van der Waals surface area contributed by atoms with Crippen LogP contribution in [0.1, 0.15) is 0 Å². The number of nitrogen functional groups attached to an aromatic ring is 1. The lowest BCUT2D eigenvalue weighted by atomic mass is 10.1. The third kappa shape index (κ3) is 1.89. The highest BCUT2D eigenvalue weighted by molar-refractivity contribution is 9.10. The predicted molar refractivity (Wildman–Crippen MR) is 60.7 cm³/mol. The van der Waals surface area contributed by atoms with Gasteiger partial charge in [-0.2, -0.15) is 0 Å². The van der Waals surface area contributed by atoms with Crippen molar-refractivity contribution in [1.82, 2.24) is 4.98 Å². The van der Waals surface area contributed by atoms with E-state index in [4.69, 9.17) is 10.2 Å². The van der Waals surface area contributed by atoms with Gasteiger partial charge in [-0.25, -0.2) is 4.98 Å². The third-order valence-electron chi connectivity index (χ3n) is 1.95. The van der Waals surface area contributed by atoms with Crippen LogP contribution in [0.15, 0.2) is 33.3 Å². The van der Waals surface area contributed by atoms with Gasteiger partial charge in [-0.1, -0.05) is 15.9 Å². The Morgan fingerprint density at radius 3 is 2.81 bits per heavy atom. The van der Waals surface area contributed by atoms with Gasteiger partial charge < -0.3 is 10.2 Å². The first kappa shape index (κ1) is 10.6. The zero-order valence-electron chi connectivity index (χ0n) is 7.88. The maximum Gasteiger partial charge on any atom is 0.292 e. The summed E-state index contributed by atoms with van der Waals surface area (Å²) in [5.74, 6) is 0.275. The second-order valence-electron chi connectivity index (χ2n) is 2.98. The summed E-state index contributed by atoms with van der Waals surface area (Å²) in [6.07, 6.45) is 1.35. The molecule has 0 aliphatic heterocycles. The molecule has 0 atom stereocenters. The molecule has 7 heteroatoms. The van der Waals surface area contributed by atoms with E-state index in [1.807, 2.05) is 0 Å². The molecule has 1 heterocycles. The number of hydrogen-bond acceptors (Lipinski definition) is 5. The molecule has 1 aromatic heterocycles. The molecule has 0 amide bonds. The highest BCUT2D eigenvalue weighted by Crippen LogP contribution is 2.32. The van der Waals surface area contributed by atoms with Crippen LogP contribution in [-0.2, 0) is 0 Å². The van der Waals surface area contributed by atoms with Crippen LogP contribution in [0, 0.1) is 10.1 Å². The Hall–Kier alpha value is -1.89. The summed E-state index contributed by atoms with van der Waals surface area (Å²) < 4.78 is 5.67. The van der Waals surface area contributed by atoms with Gasteiger partial charge in [-0.3, -0.25) is 10.1 Å². The number of nitrogens with two attached hydrogens (primary N) is 1. The second-order valence-corrected chi connectivity index (χ2v) is 3.90. The van der Waals surface area contributed by atoms with Gasteiger partial charge in [-0.15, -0.1) is 0 Å². The van der Waals surface area contributed by atoms with Gasteiger partial charge in [0.2, 0.25) is 0 Å². The molecule has 0 bridgehead atoms. The van der Waals surface area contributed by atoms with Crippen LogP contribution < -0.4 is 5.73 Å². The number of nitro groups is 1. The number of oxazole rings is 1. The number of hydrogen-bond donors (Lipinski definition) is 1. The van der Waals surface area contributed by atoms with E-state index < -0.39 is 4.92 Å². The van der Waals surface area contributed by atoms with Crippen molar-refractivity contribution in [2.24, 2.45) is 0 Å². The van der Waals surface area contributed by atoms with E-state index in [2.05, 4.69) is 20.9 Å². The molecule has 6 nitrogen and oxygen atoms in total. The van der Waals surface area contributed by atoms with Crippen molar-refractivity contribution < 1.29 is 9.34 Å². The van der Waals surface area contributed by atoms with Crippen molar-refractivity contribution in [2.75, 3.05) is 5.73 Å². The first-order chi connectivity index (χ1) is 7.58. The number of halogens is 1. The van der Waals surface area contributed by atoms with Crippen LogP contribution in [0.3, 0.4) is 0 Å². The molecular weight excluding hydrogens is 278 g/mol. The van der Waals surface area contributed by atoms with Crippen molar-refractivity contribution >= 4 is 27.6 Å². The minimum atomic E-state index is -0.487. The maximum atomic E-state index is 10.8. The van der Waals surface area contributed by atoms with Gasteiger partial charge in [0, 0.05) is 10.5 Å². The number of nitrogens with zero attached hydrogens (tertiary/aromatic N) is 2. The number of benzene rings is 1. The van der Waals surface area contributed by atoms with E-state index in [1.54, 1.807) is 12.1 Å². The van der Waals surface area contributed by atoms with Gasteiger partial charge in [0.25, 0.3) is 11.7 Å². The van der Waals surface area contributed by atoms with Gasteiger partial charge in [0.05, 0.1) is 16.7 Å². The average molecular weight is 284 g/mol. The first-order valence-electron chi connectivity index (χ1n) is 4.23. The van der Waals surface area contributed by atoms with Gasteiger partial charge >= 0.3 is 0 Å². The Bertz CT molecular complexity index is 553. The second kappa shape index (κ2) is 3.93. The van der Waals surface area contributed by atoms with E-state index in [9.17, 15) is 10.1 Å². The molecule has 0 fully saturated rings. The summed E-state index contributed by atoms with van der Waals surface area (Å²) in [6, 6.07) is 4.63. The fourth-order valence-corrected chi connectivity index (χ4v) is 1.63. The number of nitro benzene ring substituents is 1. The van der Waals surface area contributed by atoms with Gasteiger partial charge in [0.1, 0.15) is 0 Å². The lowest BCUT2D eigenvalue weighted by Crippen LogP contribution is -1.91. The highest BCUT2D eigenvalue weighted by Gasteiger charge is 2.18. The van der Waals surface area contributed by atoms with Crippen LogP contribution in [0.25, 0.3) is 11.3 Å². The van der Waals surface area contributed by atoms with Crippen LogP contribution in [0.5, 0.6) is 0 Å². The maximum absolute atomic E-state index is 10.8. The zero-order valence-corrected chi connectivity index (χ0v) is 9.47. The van der Waals surface area contributed by atoms with Crippen molar-refractivity contribution in [3.63, 3.8) is 0 Å². The van der Waals surface area contributed by atoms with Crippen LogP contribution in [0.4, 0.5) is 11.7 Å². The molecule has 2 rings (SSSR count). The fourth-order valence-electron chi connectivity index (χ4n) is 1.28. The lowest BCUT2D eigenvalue weighted by Gasteiger charge is -1.99. The Labute approximate surface area is 98.4 Å². The average Bonchev–Trinajstić information content (AvgIpc) is 2.64. The molecule has 0 aliphatic carbocycles. The molecule has 0 saturated carbocycles. The summed E-state index contributed by atoms with van der Waals surface area (Å²) >= 11 is 3.17. The Morgan fingerprint density at radius 2 is 2.25 bits per heavy atom. The monoisotopic (exact) mass is 283 g/mol. The first-order valence-corrected chi connectivity index (χ1v) is 5.03. The lowest BCUT2D eigenvalue weighted by molar-refractivity contribution is -0.384. The summed E-state index contributed by atoms with van der Waals surface area (Å²) in [6.45, 7) is 0. The molecule has 1 aromatic carbocycles. The molecular formula is C9H6BrN3O3. The van der Waals surface area contributed by atoms with Crippen molar-refractivity contribution in [2.45, 2.75) is 0 Å². The van der Waals surface area contributed by atoms with E-state index in [1.165, 1.54) is 12.3 Å². The summed E-state index contributed by atoms with van der Waals surface area (Å²) in [5.41, 5.74) is 5.60. The van der Waals surface area contributed by atoms with Gasteiger partial charge in [0.15, 0.2) is 5.76 Å². The smallest absolute Gasteiger partial charge is 0.292 e. The van der Waals surface area contributed by atoms with E-state index in [0.717, 1.165) is 0 Å². The summed E-state index contributed by atoms with van der Waals surface area (Å²) in [4.78, 5) is 14.1. The van der Waals surface area contributed by atoms with Crippen LogP contribution >= 0.6 is 15.9 Å². The molecule has 0 aliphatic rings. The largest absolute Gasteiger partial charge is 0.423 e. The molecule has 0 radical (unpaired) electrons. The van der Waals surface area contributed by atoms with E-state index in [-0.39, 0.29) is 17.5 Å². The summed E-state index contributed by atoms with van der Waals surface area (Å²) in [5, 5.41) is 10.8. The Balaban J connectivity index is 2.60. The normalized spacial score (nSPS) is 10.3. The standard InChI is InChI=1S/C9H6BrN3O3/c10-5-1-2-6(7(3-5)13(14)15)8-4-12-9(11)16-8/h1-4H,(H2,11,12). The molecule has 0 saturated heterocycles. The number of rotatable bonds is 2. The third-order valence-corrected chi connectivity index (χ3v) is 2.44. The SMILES string of the molecule is Nc1ncc(-c2ccc(Br)cc2[N+](=O)[O-])o1. The molecule has 0 spiro atoms. The van der Waals surface area contributed by atoms with Crippen molar-refractivity contribution in [3.05, 3.63) is 39.0 Å². The predicted octanol–water partition coefficient (Wildman–Crippen LogP) is 2.59. The minimum absolute atomic E-state index is 0.0211. The van der Waals surface area contributed by atoms with Crippen molar-refractivity contribution in [3.8, 4) is 11.3 Å². The topological polar surface area (TPSA) is 95.2 Å².